The predicted molar refractivity (Wildman–Crippen MR) is 56.5 cm³/mol. The summed E-state index contributed by atoms with van der Waals surface area (Å²) in [4.78, 5) is 3.82. The number of aromatic nitrogens is 4. The van der Waals surface area contributed by atoms with Crippen LogP contribution in [0.4, 0.5) is 13.2 Å². The summed E-state index contributed by atoms with van der Waals surface area (Å²) in [6.45, 7) is 0. The van der Waals surface area contributed by atoms with E-state index in [-0.39, 0.29) is 0 Å². The van der Waals surface area contributed by atoms with Gasteiger partial charge in [-0.1, -0.05) is 0 Å². The van der Waals surface area contributed by atoms with Crippen LogP contribution in [0.3, 0.4) is 0 Å². The number of rotatable bonds is 2. The minimum absolute atomic E-state index is 0.360. The van der Waals surface area contributed by atoms with Crippen LogP contribution in [0, 0.1) is 0 Å². The largest absolute Gasteiger partial charge is 0.417 e. The number of nitrogens with zero attached hydrogens (tertiary/aromatic N) is 4. The van der Waals surface area contributed by atoms with Crippen molar-refractivity contribution in [1.29, 1.82) is 0 Å². The highest BCUT2D eigenvalue weighted by Gasteiger charge is 2.31. The molecule has 0 spiro atoms. The molecule has 0 bridgehead atoms. The first-order chi connectivity index (χ1) is 8.55. The molecule has 18 heavy (non-hydrogen) atoms. The standard InChI is InChI=1S/C11H9F3N4/c12-11(13,14)7-1-4-9(15-5-7)10-17-16-6-18(10)8-2-3-8/h1,4-6,8H,2-3H2. The summed E-state index contributed by atoms with van der Waals surface area (Å²) in [6, 6.07) is 2.69. The zero-order chi connectivity index (χ0) is 12.8. The maximum atomic E-state index is 12.4. The predicted octanol–water partition coefficient (Wildman–Crippen LogP) is 2.69. The van der Waals surface area contributed by atoms with Gasteiger partial charge in [0, 0.05) is 12.2 Å². The summed E-state index contributed by atoms with van der Waals surface area (Å²) in [6.07, 6.45) is 0.140. The van der Waals surface area contributed by atoms with Crippen molar-refractivity contribution in [3.8, 4) is 11.5 Å². The number of halogens is 3. The molecular formula is C11H9F3N4. The van der Waals surface area contributed by atoms with E-state index in [4.69, 9.17) is 0 Å². The van der Waals surface area contributed by atoms with Gasteiger partial charge >= 0.3 is 6.18 Å². The van der Waals surface area contributed by atoms with E-state index in [0.717, 1.165) is 25.1 Å². The van der Waals surface area contributed by atoms with Crippen molar-refractivity contribution in [2.75, 3.05) is 0 Å². The van der Waals surface area contributed by atoms with E-state index in [1.807, 2.05) is 4.57 Å². The number of alkyl halides is 3. The summed E-state index contributed by atoms with van der Waals surface area (Å²) in [5.74, 6) is 0.520. The fourth-order valence-electron chi connectivity index (χ4n) is 1.74. The second kappa shape index (κ2) is 3.79. The summed E-state index contributed by atoms with van der Waals surface area (Å²) in [5, 5.41) is 7.69. The van der Waals surface area contributed by atoms with Gasteiger partial charge in [0.25, 0.3) is 0 Å². The van der Waals surface area contributed by atoms with Crippen molar-refractivity contribution in [3.05, 3.63) is 30.2 Å². The molecule has 3 rings (SSSR count). The van der Waals surface area contributed by atoms with E-state index < -0.39 is 11.7 Å². The highest BCUT2D eigenvalue weighted by molar-refractivity contribution is 5.49. The Morgan fingerprint density at radius 2 is 2.00 bits per heavy atom. The van der Waals surface area contributed by atoms with Crippen molar-refractivity contribution < 1.29 is 13.2 Å². The average Bonchev–Trinajstić information content (AvgIpc) is 3.06. The van der Waals surface area contributed by atoms with Crippen LogP contribution in [0.5, 0.6) is 0 Å². The molecule has 0 unspecified atom stereocenters. The van der Waals surface area contributed by atoms with Crippen molar-refractivity contribution in [2.45, 2.75) is 25.1 Å². The lowest BCUT2D eigenvalue weighted by atomic mass is 10.2. The van der Waals surface area contributed by atoms with E-state index >= 15 is 0 Å². The highest BCUT2D eigenvalue weighted by Crippen LogP contribution is 2.37. The third kappa shape index (κ3) is 1.96. The zero-order valence-corrected chi connectivity index (χ0v) is 9.22. The Kier molecular flexibility index (Phi) is 2.36. The monoisotopic (exact) mass is 254 g/mol. The minimum Gasteiger partial charge on any atom is -0.309 e. The topological polar surface area (TPSA) is 43.6 Å². The van der Waals surface area contributed by atoms with E-state index in [0.29, 0.717) is 17.6 Å². The van der Waals surface area contributed by atoms with Gasteiger partial charge in [-0.15, -0.1) is 10.2 Å². The Balaban J connectivity index is 1.95. The Hall–Kier alpha value is -1.92. The lowest BCUT2D eigenvalue weighted by molar-refractivity contribution is -0.137. The van der Waals surface area contributed by atoms with Crippen LogP contribution >= 0.6 is 0 Å². The second-order valence-electron chi connectivity index (χ2n) is 4.22. The van der Waals surface area contributed by atoms with Crippen LogP contribution in [0.2, 0.25) is 0 Å². The zero-order valence-electron chi connectivity index (χ0n) is 9.22. The third-order valence-corrected chi connectivity index (χ3v) is 2.83. The Labute approximate surface area is 100 Å². The molecule has 1 saturated carbocycles. The lowest BCUT2D eigenvalue weighted by Crippen LogP contribution is -2.06. The van der Waals surface area contributed by atoms with Crippen molar-refractivity contribution in [3.63, 3.8) is 0 Å². The molecule has 1 fully saturated rings. The molecule has 1 aliphatic carbocycles. The molecule has 2 aromatic heterocycles. The summed E-state index contributed by atoms with van der Waals surface area (Å²) >= 11 is 0. The van der Waals surface area contributed by atoms with Crippen molar-refractivity contribution >= 4 is 0 Å². The van der Waals surface area contributed by atoms with Gasteiger partial charge < -0.3 is 4.57 Å². The summed E-state index contributed by atoms with van der Waals surface area (Å²) in [7, 11) is 0. The van der Waals surface area contributed by atoms with Crippen LogP contribution < -0.4 is 0 Å². The van der Waals surface area contributed by atoms with E-state index in [1.54, 1.807) is 6.33 Å². The normalized spacial score (nSPS) is 15.9. The minimum atomic E-state index is -4.37. The molecule has 1 aliphatic rings. The molecule has 2 aromatic rings. The van der Waals surface area contributed by atoms with Crippen LogP contribution in [0.15, 0.2) is 24.7 Å². The fourth-order valence-corrected chi connectivity index (χ4v) is 1.74. The first kappa shape index (κ1) is 11.2. The molecule has 0 atom stereocenters. The first-order valence-corrected chi connectivity index (χ1v) is 5.49. The molecule has 0 N–H and O–H groups in total. The third-order valence-electron chi connectivity index (χ3n) is 2.83. The smallest absolute Gasteiger partial charge is 0.309 e. The summed E-state index contributed by atoms with van der Waals surface area (Å²) < 4.78 is 39.1. The van der Waals surface area contributed by atoms with Gasteiger partial charge in [0.1, 0.15) is 12.0 Å². The van der Waals surface area contributed by atoms with Crippen LogP contribution in [0.1, 0.15) is 24.4 Å². The Morgan fingerprint density at radius 1 is 1.22 bits per heavy atom. The summed E-state index contributed by atoms with van der Waals surface area (Å²) in [5.41, 5.74) is -0.351. The van der Waals surface area contributed by atoms with Crippen LogP contribution in [0.25, 0.3) is 11.5 Å². The van der Waals surface area contributed by atoms with Gasteiger partial charge in [0.15, 0.2) is 5.82 Å². The molecule has 0 aromatic carbocycles. The molecule has 94 valence electrons. The maximum absolute atomic E-state index is 12.4. The molecule has 0 amide bonds. The van der Waals surface area contributed by atoms with Gasteiger partial charge in [0.2, 0.25) is 0 Å². The highest BCUT2D eigenvalue weighted by atomic mass is 19.4. The molecule has 0 radical (unpaired) electrons. The number of hydrogen-bond donors (Lipinski definition) is 0. The molecular weight excluding hydrogens is 245 g/mol. The second-order valence-corrected chi connectivity index (χ2v) is 4.22. The van der Waals surface area contributed by atoms with E-state index in [9.17, 15) is 13.2 Å². The lowest BCUT2D eigenvalue weighted by Gasteiger charge is -2.07. The molecule has 0 saturated heterocycles. The fraction of sp³-hybridized carbons (Fsp3) is 0.364. The van der Waals surface area contributed by atoms with Crippen molar-refractivity contribution in [2.24, 2.45) is 0 Å². The van der Waals surface area contributed by atoms with E-state index in [2.05, 4.69) is 15.2 Å². The van der Waals surface area contributed by atoms with Gasteiger partial charge in [-0.2, -0.15) is 13.2 Å². The molecule has 2 heterocycles. The molecule has 0 aliphatic heterocycles. The quantitative estimate of drug-likeness (QED) is 0.827. The SMILES string of the molecule is FC(F)(F)c1ccc(-c2nncn2C2CC2)nc1. The van der Waals surface area contributed by atoms with Gasteiger partial charge in [-0.3, -0.25) is 4.98 Å². The van der Waals surface area contributed by atoms with Crippen molar-refractivity contribution in [1.82, 2.24) is 19.7 Å². The van der Waals surface area contributed by atoms with Gasteiger partial charge in [0.05, 0.1) is 5.56 Å². The number of pyridine rings is 1. The maximum Gasteiger partial charge on any atom is 0.417 e. The average molecular weight is 254 g/mol. The number of hydrogen-bond acceptors (Lipinski definition) is 3. The van der Waals surface area contributed by atoms with E-state index in [1.165, 1.54) is 6.07 Å². The first-order valence-electron chi connectivity index (χ1n) is 5.49. The molecule has 4 nitrogen and oxygen atoms in total. The molecule has 7 heteroatoms. The Bertz CT molecular complexity index is 554. The Morgan fingerprint density at radius 3 is 2.56 bits per heavy atom. The van der Waals surface area contributed by atoms with Crippen LogP contribution in [-0.4, -0.2) is 19.7 Å². The van der Waals surface area contributed by atoms with Crippen LogP contribution in [-0.2, 0) is 6.18 Å². The van der Waals surface area contributed by atoms with Gasteiger partial charge in [-0.25, -0.2) is 0 Å². The van der Waals surface area contributed by atoms with Gasteiger partial charge in [-0.05, 0) is 25.0 Å².